The van der Waals surface area contributed by atoms with E-state index in [0.29, 0.717) is 23.0 Å². The fourth-order valence-corrected chi connectivity index (χ4v) is 7.18. The minimum atomic E-state index is -0.192. The number of nitrogens with zero attached hydrogens (tertiary/aromatic N) is 4. The van der Waals surface area contributed by atoms with E-state index in [1.54, 1.807) is 32.4 Å². The second-order valence-corrected chi connectivity index (χ2v) is 11.4. The van der Waals surface area contributed by atoms with Gasteiger partial charge >= 0.3 is 0 Å². The number of benzene rings is 2. The molecule has 0 amide bonds. The number of methoxy groups -OCH3 is 2. The zero-order chi connectivity index (χ0) is 27.8. The maximum absolute atomic E-state index is 15.1. The maximum atomic E-state index is 15.1. The van der Waals surface area contributed by atoms with Gasteiger partial charge in [-0.15, -0.1) is 10.2 Å². The number of nitrogens with two attached hydrogens (primary N) is 1. The van der Waals surface area contributed by atoms with Crippen LogP contribution in [-0.4, -0.2) is 61.0 Å². The molecule has 2 bridgehead atoms. The Labute approximate surface area is 234 Å². The van der Waals surface area contributed by atoms with E-state index in [0.717, 1.165) is 68.6 Å². The van der Waals surface area contributed by atoms with E-state index in [9.17, 15) is 5.11 Å². The number of piperazine rings is 1. The lowest BCUT2D eigenvalue weighted by Crippen LogP contribution is -2.54. The molecular formula is C31H38FN5O3. The molecule has 3 aliphatic rings. The molecule has 1 saturated carbocycles. The Bertz CT molecular complexity index is 1330. The van der Waals surface area contributed by atoms with Crippen LogP contribution in [0, 0.1) is 11.7 Å². The first-order valence-electron chi connectivity index (χ1n) is 14.3. The Morgan fingerprint density at radius 1 is 0.925 bits per heavy atom. The molecule has 2 unspecified atom stereocenters. The van der Waals surface area contributed by atoms with Crippen LogP contribution in [0.3, 0.4) is 0 Å². The van der Waals surface area contributed by atoms with E-state index in [4.69, 9.17) is 15.2 Å². The molecule has 8 nitrogen and oxygen atoms in total. The standard InChI is InChI=1S/C31H38FN5O3/c1-39-31(40-2)20-9-7-19(8-10-20)25-15-21(13-14-26(25)32)37-22-11-12-23(37)18-36(17-22)28-16-27(34-35-30(28)33)24-5-3-4-6-29(24)38/h3-6,13-16,19-20,22-23,31,38H,7-12,17-18H2,1-2H3,(H2,33,35). The van der Waals surface area contributed by atoms with E-state index in [2.05, 4.69) is 26.1 Å². The van der Waals surface area contributed by atoms with E-state index in [-0.39, 0.29) is 35.9 Å². The van der Waals surface area contributed by atoms with Crippen molar-refractivity contribution in [2.45, 2.75) is 62.8 Å². The van der Waals surface area contributed by atoms with Gasteiger partial charge < -0.3 is 30.1 Å². The van der Waals surface area contributed by atoms with Gasteiger partial charge in [0.15, 0.2) is 12.1 Å². The van der Waals surface area contributed by atoms with Crippen LogP contribution in [0.5, 0.6) is 5.75 Å². The number of aromatic hydroxyl groups is 1. The van der Waals surface area contributed by atoms with Crippen LogP contribution in [0.25, 0.3) is 11.3 Å². The molecule has 3 N–H and O–H groups in total. The summed E-state index contributed by atoms with van der Waals surface area (Å²) in [6.45, 7) is 1.58. The molecule has 3 fully saturated rings. The molecule has 1 aromatic heterocycles. The van der Waals surface area contributed by atoms with Gasteiger partial charge in [0.1, 0.15) is 11.6 Å². The third kappa shape index (κ3) is 4.97. The number of aromatic nitrogens is 2. The molecule has 6 rings (SSSR count). The van der Waals surface area contributed by atoms with Crippen molar-refractivity contribution in [3.8, 4) is 17.0 Å². The van der Waals surface area contributed by atoms with Gasteiger partial charge in [-0.1, -0.05) is 12.1 Å². The number of rotatable bonds is 7. The Morgan fingerprint density at radius 3 is 2.30 bits per heavy atom. The number of nitrogen functional groups attached to an aromatic ring is 1. The monoisotopic (exact) mass is 547 g/mol. The van der Waals surface area contributed by atoms with Gasteiger partial charge in [-0.2, -0.15) is 0 Å². The number of hydrogen-bond acceptors (Lipinski definition) is 8. The molecule has 0 radical (unpaired) electrons. The number of para-hydroxylation sites is 1. The lowest BCUT2D eigenvalue weighted by molar-refractivity contribution is -0.144. The Morgan fingerprint density at radius 2 is 1.62 bits per heavy atom. The van der Waals surface area contributed by atoms with E-state index < -0.39 is 0 Å². The predicted molar refractivity (Wildman–Crippen MR) is 154 cm³/mol. The zero-order valence-electron chi connectivity index (χ0n) is 23.2. The van der Waals surface area contributed by atoms with Crippen molar-refractivity contribution in [1.29, 1.82) is 0 Å². The number of phenols is 1. The van der Waals surface area contributed by atoms with Gasteiger partial charge in [-0.3, -0.25) is 0 Å². The lowest BCUT2D eigenvalue weighted by atomic mass is 9.78. The minimum Gasteiger partial charge on any atom is -0.507 e. The molecule has 3 heterocycles. The quantitative estimate of drug-likeness (QED) is 0.384. The highest BCUT2D eigenvalue weighted by atomic mass is 19.1. The van der Waals surface area contributed by atoms with Crippen molar-refractivity contribution < 1.29 is 19.0 Å². The molecule has 0 spiro atoms. The summed E-state index contributed by atoms with van der Waals surface area (Å²) in [5.41, 5.74) is 10.3. The van der Waals surface area contributed by atoms with Crippen molar-refractivity contribution >= 4 is 17.2 Å². The van der Waals surface area contributed by atoms with Gasteiger partial charge in [0.05, 0.1) is 11.4 Å². The first kappa shape index (κ1) is 26.8. The molecular weight excluding hydrogens is 509 g/mol. The molecule has 2 aromatic carbocycles. The number of halogens is 1. The van der Waals surface area contributed by atoms with Gasteiger partial charge in [0.25, 0.3) is 0 Å². The van der Waals surface area contributed by atoms with Gasteiger partial charge in [-0.25, -0.2) is 4.39 Å². The lowest BCUT2D eigenvalue weighted by Gasteiger charge is -2.44. The molecule has 2 atom stereocenters. The van der Waals surface area contributed by atoms with Crippen molar-refractivity contribution in [1.82, 2.24) is 10.2 Å². The fraction of sp³-hybridized carbons (Fsp3) is 0.484. The average Bonchev–Trinajstić information content (AvgIpc) is 3.24. The number of ether oxygens (including phenoxy) is 2. The first-order chi connectivity index (χ1) is 19.5. The number of anilines is 3. The van der Waals surface area contributed by atoms with E-state index in [1.165, 1.54) is 0 Å². The van der Waals surface area contributed by atoms with Crippen LogP contribution in [0.2, 0.25) is 0 Å². The average molecular weight is 548 g/mol. The largest absolute Gasteiger partial charge is 0.507 e. The fourth-order valence-electron chi connectivity index (χ4n) is 7.18. The van der Waals surface area contributed by atoms with Crippen LogP contribution < -0.4 is 15.5 Å². The van der Waals surface area contributed by atoms with Gasteiger partial charge in [0, 0.05) is 56.6 Å². The topological polar surface area (TPSA) is 97.0 Å². The third-order valence-corrected chi connectivity index (χ3v) is 9.14. The summed E-state index contributed by atoms with van der Waals surface area (Å²) < 4.78 is 26.1. The van der Waals surface area contributed by atoms with Crippen LogP contribution in [-0.2, 0) is 9.47 Å². The number of phenolic OH excluding ortho intramolecular Hbond substituents is 1. The highest BCUT2D eigenvalue weighted by Crippen LogP contribution is 2.43. The molecule has 212 valence electrons. The minimum absolute atomic E-state index is 0.111. The number of hydrogen-bond donors (Lipinski definition) is 2. The Kier molecular flexibility index (Phi) is 7.51. The second kappa shape index (κ2) is 11.2. The molecule has 3 aromatic rings. The van der Waals surface area contributed by atoms with Crippen LogP contribution in [0.15, 0.2) is 48.5 Å². The van der Waals surface area contributed by atoms with E-state index in [1.807, 2.05) is 24.3 Å². The normalized spacial score (nSPS) is 24.6. The van der Waals surface area contributed by atoms with Crippen LogP contribution >= 0.6 is 0 Å². The summed E-state index contributed by atoms with van der Waals surface area (Å²) in [5.74, 6) is 0.995. The van der Waals surface area contributed by atoms with Gasteiger partial charge in [0.2, 0.25) is 0 Å². The smallest absolute Gasteiger partial charge is 0.169 e. The number of fused-ring (bicyclic) bond motifs is 2. The summed E-state index contributed by atoms with van der Waals surface area (Å²) in [6.07, 6.45) is 5.75. The maximum Gasteiger partial charge on any atom is 0.169 e. The summed E-state index contributed by atoms with van der Waals surface area (Å²) in [4.78, 5) is 4.78. The van der Waals surface area contributed by atoms with Crippen molar-refractivity contribution in [2.24, 2.45) is 5.92 Å². The predicted octanol–water partition coefficient (Wildman–Crippen LogP) is 5.32. The van der Waals surface area contributed by atoms with Crippen molar-refractivity contribution in [2.75, 3.05) is 42.8 Å². The Balaban J connectivity index is 1.20. The van der Waals surface area contributed by atoms with E-state index >= 15 is 4.39 Å². The first-order valence-corrected chi connectivity index (χ1v) is 14.3. The summed E-state index contributed by atoms with van der Waals surface area (Å²) in [7, 11) is 3.37. The molecule has 2 saturated heterocycles. The summed E-state index contributed by atoms with van der Waals surface area (Å²) in [6, 6.07) is 15.3. The second-order valence-electron chi connectivity index (χ2n) is 11.4. The molecule has 9 heteroatoms. The summed E-state index contributed by atoms with van der Waals surface area (Å²) >= 11 is 0. The molecule has 40 heavy (non-hydrogen) atoms. The highest BCUT2D eigenvalue weighted by molar-refractivity contribution is 5.74. The molecule has 1 aliphatic carbocycles. The zero-order valence-corrected chi connectivity index (χ0v) is 23.2. The van der Waals surface area contributed by atoms with Crippen molar-refractivity contribution in [3.05, 3.63) is 59.9 Å². The SMILES string of the molecule is COC(OC)C1CCC(c2cc(N3C4CCC3CN(c3cc(-c5ccccc5O)nnc3N)C4)ccc2F)CC1. The van der Waals surface area contributed by atoms with Gasteiger partial charge in [-0.05, 0) is 86.4 Å². The van der Waals surface area contributed by atoms with Crippen LogP contribution in [0.4, 0.5) is 21.6 Å². The summed E-state index contributed by atoms with van der Waals surface area (Å²) in [5, 5.41) is 18.8. The third-order valence-electron chi connectivity index (χ3n) is 9.14. The van der Waals surface area contributed by atoms with Crippen molar-refractivity contribution in [3.63, 3.8) is 0 Å². The highest BCUT2D eigenvalue weighted by Gasteiger charge is 2.41. The Hall–Kier alpha value is -3.43. The molecule has 2 aliphatic heterocycles. The van der Waals surface area contributed by atoms with Crippen LogP contribution in [0.1, 0.15) is 50.0 Å².